The largest absolute Gasteiger partial charge is 0.292 e. The zero-order valence-electron chi connectivity index (χ0n) is 8.68. The summed E-state index contributed by atoms with van der Waals surface area (Å²) in [6, 6.07) is 0. The fourth-order valence-corrected chi connectivity index (χ4v) is 1.01. The minimum atomic E-state index is 0.235. The first-order valence-electron chi connectivity index (χ1n) is 4.16. The van der Waals surface area contributed by atoms with Gasteiger partial charge in [0.2, 0.25) is 0 Å². The first kappa shape index (κ1) is 10.9. The molecule has 0 fully saturated rings. The molecule has 0 amide bonds. The van der Waals surface area contributed by atoms with Crippen molar-refractivity contribution in [3.8, 4) is 0 Å². The van der Waals surface area contributed by atoms with Crippen LogP contribution in [-0.4, -0.2) is 36.0 Å². The first-order valence-corrected chi connectivity index (χ1v) is 4.16. The molecule has 0 N–H and O–H groups in total. The van der Waals surface area contributed by atoms with Gasteiger partial charge in [0.1, 0.15) is 0 Å². The standard InChI is InChI=1S/C9H21N2/c1-7-11(8-10(5)6)9(2,3)4/h8H,7H2,1-6H3. The van der Waals surface area contributed by atoms with Crippen LogP contribution in [0.5, 0.6) is 0 Å². The Labute approximate surface area is 71.2 Å². The SMILES string of the molecule is CCN([CH]N(C)C)C(C)(C)C. The molecule has 1 radical (unpaired) electrons. The van der Waals surface area contributed by atoms with E-state index in [1.165, 1.54) is 0 Å². The topological polar surface area (TPSA) is 6.48 Å². The van der Waals surface area contributed by atoms with Crippen molar-refractivity contribution < 1.29 is 0 Å². The third-order valence-electron chi connectivity index (χ3n) is 1.57. The second kappa shape index (κ2) is 4.07. The van der Waals surface area contributed by atoms with Gasteiger partial charge >= 0.3 is 0 Å². The average molecular weight is 157 g/mol. The van der Waals surface area contributed by atoms with Gasteiger partial charge in [0, 0.05) is 5.54 Å². The molecule has 0 aromatic heterocycles. The second-order valence-electron chi connectivity index (χ2n) is 4.04. The van der Waals surface area contributed by atoms with Crippen LogP contribution in [0.15, 0.2) is 0 Å². The highest BCUT2D eigenvalue weighted by Gasteiger charge is 2.19. The van der Waals surface area contributed by atoms with Crippen molar-refractivity contribution in [3.63, 3.8) is 0 Å². The van der Waals surface area contributed by atoms with Crippen LogP contribution in [0, 0.1) is 6.67 Å². The molecule has 0 atom stereocenters. The summed E-state index contributed by atoms with van der Waals surface area (Å²) in [4.78, 5) is 4.39. The molecule has 2 nitrogen and oxygen atoms in total. The van der Waals surface area contributed by atoms with Gasteiger partial charge in [0.05, 0.1) is 6.67 Å². The summed E-state index contributed by atoms with van der Waals surface area (Å²) < 4.78 is 0. The van der Waals surface area contributed by atoms with Crippen LogP contribution in [0.3, 0.4) is 0 Å². The van der Waals surface area contributed by atoms with E-state index in [0.717, 1.165) is 6.54 Å². The van der Waals surface area contributed by atoms with Crippen LogP contribution in [0.25, 0.3) is 0 Å². The van der Waals surface area contributed by atoms with Gasteiger partial charge in [-0.2, -0.15) is 0 Å². The Balaban J connectivity index is 3.96. The Morgan fingerprint density at radius 3 is 1.73 bits per heavy atom. The lowest BCUT2D eigenvalue weighted by molar-refractivity contribution is 0.139. The Hall–Kier alpha value is -0.0800. The predicted octanol–water partition coefficient (Wildman–Crippen LogP) is 1.79. The quantitative estimate of drug-likeness (QED) is 0.616. The van der Waals surface area contributed by atoms with E-state index in [1.54, 1.807) is 0 Å². The van der Waals surface area contributed by atoms with E-state index in [0.29, 0.717) is 0 Å². The Kier molecular flexibility index (Phi) is 4.04. The van der Waals surface area contributed by atoms with E-state index < -0.39 is 0 Å². The number of hydrogen-bond acceptors (Lipinski definition) is 2. The maximum Gasteiger partial charge on any atom is 0.0920 e. The van der Waals surface area contributed by atoms with E-state index in [2.05, 4.69) is 58.3 Å². The summed E-state index contributed by atoms with van der Waals surface area (Å²) in [6.45, 7) is 12.0. The lowest BCUT2D eigenvalue weighted by Crippen LogP contribution is -2.42. The first-order chi connectivity index (χ1) is 4.88. The normalized spacial score (nSPS) is 13.1. The van der Waals surface area contributed by atoms with E-state index in [-0.39, 0.29) is 5.54 Å². The zero-order chi connectivity index (χ0) is 9.07. The zero-order valence-corrected chi connectivity index (χ0v) is 8.68. The van der Waals surface area contributed by atoms with Crippen LogP contribution in [-0.2, 0) is 0 Å². The van der Waals surface area contributed by atoms with Gasteiger partial charge in [-0.05, 0) is 41.4 Å². The molecule has 67 valence electrons. The molecule has 0 bridgehead atoms. The summed E-state index contributed by atoms with van der Waals surface area (Å²) in [5.41, 5.74) is 0.235. The smallest absolute Gasteiger partial charge is 0.0920 e. The van der Waals surface area contributed by atoms with Crippen molar-refractivity contribution in [2.45, 2.75) is 33.2 Å². The molecule has 11 heavy (non-hydrogen) atoms. The fraction of sp³-hybridized carbons (Fsp3) is 0.889. The van der Waals surface area contributed by atoms with E-state index >= 15 is 0 Å². The molecule has 0 spiro atoms. The van der Waals surface area contributed by atoms with Gasteiger partial charge in [-0.3, -0.25) is 9.80 Å². The van der Waals surface area contributed by atoms with Crippen molar-refractivity contribution in [2.24, 2.45) is 0 Å². The molecule has 0 rings (SSSR count). The molecule has 0 aliphatic heterocycles. The molecule has 0 aliphatic rings. The summed E-state index contributed by atoms with van der Waals surface area (Å²) in [7, 11) is 4.10. The minimum absolute atomic E-state index is 0.235. The highest BCUT2D eigenvalue weighted by molar-refractivity contribution is 4.79. The fourth-order valence-electron chi connectivity index (χ4n) is 1.01. The van der Waals surface area contributed by atoms with Gasteiger partial charge < -0.3 is 0 Å². The molecule has 0 aromatic carbocycles. The Morgan fingerprint density at radius 1 is 1.18 bits per heavy atom. The summed E-state index contributed by atoms with van der Waals surface area (Å²) in [5, 5.41) is 0. The minimum Gasteiger partial charge on any atom is -0.292 e. The van der Waals surface area contributed by atoms with E-state index in [9.17, 15) is 0 Å². The molecule has 0 saturated heterocycles. The van der Waals surface area contributed by atoms with Gasteiger partial charge in [-0.1, -0.05) is 6.92 Å². The van der Waals surface area contributed by atoms with E-state index in [1.807, 2.05) is 0 Å². The van der Waals surface area contributed by atoms with Crippen LogP contribution in [0.2, 0.25) is 0 Å². The average Bonchev–Trinajstić information content (AvgIpc) is 1.79. The number of rotatable bonds is 3. The van der Waals surface area contributed by atoms with Crippen LogP contribution >= 0.6 is 0 Å². The lowest BCUT2D eigenvalue weighted by atomic mass is 10.1. The molecule has 0 unspecified atom stereocenters. The van der Waals surface area contributed by atoms with Crippen molar-refractivity contribution in [1.82, 2.24) is 9.80 Å². The van der Waals surface area contributed by atoms with Crippen molar-refractivity contribution in [1.29, 1.82) is 0 Å². The maximum absolute atomic E-state index is 2.31. The second-order valence-corrected chi connectivity index (χ2v) is 4.04. The van der Waals surface area contributed by atoms with Crippen LogP contribution in [0.1, 0.15) is 27.7 Å². The molecule has 0 aliphatic carbocycles. The summed E-state index contributed by atoms with van der Waals surface area (Å²) >= 11 is 0. The molecule has 0 saturated carbocycles. The number of nitrogens with zero attached hydrogens (tertiary/aromatic N) is 2. The van der Waals surface area contributed by atoms with Crippen molar-refractivity contribution >= 4 is 0 Å². The summed E-state index contributed by atoms with van der Waals surface area (Å²) in [5.74, 6) is 0. The van der Waals surface area contributed by atoms with Crippen molar-refractivity contribution in [3.05, 3.63) is 6.67 Å². The van der Waals surface area contributed by atoms with Crippen molar-refractivity contribution in [2.75, 3.05) is 20.6 Å². The third kappa shape index (κ3) is 4.38. The van der Waals surface area contributed by atoms with Gasteiger partial charge in [0.25, 0.3) is 0 Å². The lowest BCUT2D eigenvalue weighted by Gasteiger charge is -2.35. The number of hydrogen-bond donors (Lipinski definition) is 0. The Bertz CT molecular complexity index is 103. The Morgan fingerprint density at radius 2 is 1.64 bits per heavy atom. The molecule has 2 heteroatoms. The van der Waals surface area contributed by atoms with E-state index in [4.69, 9.17) is 0 Å². The molecular formula is C9H21N2. The highest BCUT2D eigenvalue weighted by Crippen LogP contribution is 2.14. The monoisotopic (exact) mass is 157 g/mol. The highest BCUT2D eigenvalue weighted by atomic mass is 15.3. The molecular weight excluding hydrogens is 136 g/mol. The predicted molar refractivity (Wildman–Crippen MR) is 50.1 cm³/mol. The van der Waals surface area contributed by atoms with Crippen LogP contribution < -0.4 is 0 Å². The molecule has 0 heterocycles. The maximum atomic E-state index is 2.31. The third-order valence-corrected chi connectivity index (χ3v) is 1.57. The molecule has 0 aromatic rings. The van der Waals surface area contributed by atoms with Gasteiger partial charge in [0.15, 0.2) is 0 Å². The summed E-state index contributed by atoms with van der Waals surface area (Å²) in [6.07, 6.45) is 0. The van der Waals surface area contributed by atoms with Crippen LogP contribution in [0.4, 0.5) is 0 Å². The van der Waals surface area contributed by atoms with Gasteiger partial charge in [-0.15, -0.1) is 0 Å². The van der Waals surface area contributed by atoms with Gasteiger partial charge in [-0.25, -0.2) is 0 Å².